The largest absolute Gasteiger partial charge is 0.377 e. The lowest BCUT2D eigenvalue weighted by Crippen LogP contribution is -2.34. The third kappa shape index (κ3) is 3.73. The molecule has 2 rings (SSSR count). The summed E-state index contributed by atoms with van der Waals surface area (Å²) >= 11 is 1.87. The van der Waals surface area contributed by atoms with E-state index in [-0.39, 0.29) is 0 Å². The summed E-state index contributed by atoms with van der Waals surface area (Å²) in [6, 6.07) is 9.35. The fourth-order valence-electron chi connectivity index (χ4n) is 2.24. The van der Waals surface area contributed by atoms with Gasteiger partial charge >= 0.3 is 0 Å². The van der Waals surface area contributed by atoms with Gasteiger partial charge in [0.05, 0.1) is 6.10 Å². The third-order valence-electron chi connectivity index (χ3n) is 3.25. The molecule has 1 saturated heterocycles. The molecular formula is C14H21NOS. The highest BCUT2D eigenvalue weighted by Crippen LogP contribution is 2.15. The standard InChI is InChI=1S/C14H21NOS/c1-11-14(6-7-16-11)15-9-12-4-3-5-13(8-12)10-17-2/h3-5,8,11,14-15H,6-7,9-10H2,1-2H3/t11-,14+/m0/s1. The molecule has 17 heavy (non-hydrogen) atoms. The van der Waals surface area contributed by atoms with Crippen molar-refractivity contribution in [3.05, 3.63) is 35.4 Å². The molecule has 94 valence electrons. The number of hydrogen-bond acceptors (Lipinski definition) is 3. The van der Waals surface area contributed by atoms with Crippen molar-refractivity contribution < 1.29 is 4.74 Å². The summed E-state index contributed by atoms with van der Waals surface area (Å²) in [4.78, 5) is 0. The Morgan fingerprint density at radius 3 is 2.94 bits per heavy atom. The van der Waals surface area contributed by atoms with E-state index in [0.29, 0.717) is 12.1 Å². The molecule has 1 aromatic carbocycles. The molecular weight excluding hydrogens is 230 g/mol. The monoisotopic (exact) mass is 251 g/mol. The van der Waals surface area contributed by atoms with Crippen LogP contribution in [0.1, 0.15) is 24.5 Å². The minimum Gasteiger partial charge on any atom is -0.377 e. The quantitative estimate of drug-likeness (QED) is 0.869. The summed E-state index contributed by atoms with van der Waals surface area (Å²) in [6.07, 6.45) is 3.62. The van der Waals surface area contributed by atoms with Crippen molar-refractivity contribution in [2.24, 2.45) is 0 Å². The molecule has 3 heteroatoms. The Morgan fingerprint density at radius 1 is 1.41 bits per heavy atom. The molecule has 0 unspecified atom stereocenters. The minimum absolute atomic E-state index is 0.351. The molecule has 1 aliphatic rings. The van der Waals surface area contributed by atoms with Crippen molar-refractivity contribution in [1.82, 2.24) is 5.32 Å². The predicted molar refractivity (Wildman–Crippen MR) is 74.3 cm³/mol. The maximum atomic E-state index is 5.55. The van der Waals surface area contributed by atoms with Crippen LogP contribution < -0.4 is 5.32 Å². The summed E-state index contributed by atoms with van der Waals surface area (Å²) in [7, 11) is 0. The number of thioether (sulfide) groups is 1. The van der Waals surface area contributed by atoms with Gasteiger partial charge in [-0.15, -0.1) is 0 Å². The maximum absolute atomic E-state index is 5.55. The van der Waals surface area contributed by atoms with Gasteiger partial charge in [-0.05, 0) is 30.7 Å². The van der Waals surface area contributed by atoms with Gasteiger partial charge in [-0.1, -0.05) is 24.3 Å². The van der Waals surface area contributed by atoms with Crippen molar-refractivity contribution in [2.75, 3.05) is 12.9 Å². The number of ether oxygens (including phenoxy) is 1. The van der Waals surface area contributed by atoms with E-state index in [1.165, 1.54) is 11.1 Å². The van der Waals surface area contributed by atoms with E-state index >= 15 is 0 Å². The van der Waals surface area contributed by atoms with E-state index in [1.54, 1.807) is 0 Å². The van der Waals surface area contributed by atoms with Crippen molar-refractivity contribution >= 4 is 11.8 Å². The summed E-state index contributed by atoms with van der Waals surface area (Å²) in [5.41, 5.74) is 2.78. The Hall–Kier alpha value is -0.510. The lowest BCUT2D eigenvalue weighted by Gasteiger charge is -2.16. The van der Waals surface area contributed by atoms with E-state index in [4.69, 9.17) is 4.74 Å². The molecule has 1 heterocycles. The minimum atomic E-state index is 0.351. The third-order valence-corrected chi connectivity index (χ3v) is 3.87. The highest BCUT2D eigenvalue weighted by atomic mass is 32.2. The molecule has 1 N–H and O–H groups in total. The second kappa shape index (κ2) is 6.43. The number of nitrogens with one attached hydrogen (secondary N) is 1. The highest BCUT2D eigenvalue weighted by molar-refractivity contribution is 7.97. The second-order valence-electron chi connectivity index (χ2n) is 4.60. The van der Waals surface area contributed by atoms with Crippen LogP contribution in [-0.4, -0.2) is 25.0 Å². The van der Waals surface area contributed by atoms with Crippen molar-refractivity contribution in [3.8, 4) is 0 Å². The molecule has 0 bridgehead atoms. The van der Waals surface area contributed by atoms with Gasteiger partial charge in [-0.2, -0.15) is 11.8 Å². The van der Waals surface area contributed by atoms with E-state index in [9.17, 15) is 0 Å². The van der Waals surface area contributed by atoms with Gasteiger partial charge < -0.3 is 10.1 Å². The predicted octanol–water partition coefficient (Wildman–Crippen LogP) is 2.82. The topological polar surface area (TPSA) is 21.3 Å². The number of rotatable bonds is 5. The average molecular weight is 251 g/mol. The van der Waals surface area contributed by atoms with Gasteiger partial charge in [0, 0.05) is 24.9 Å². The zero-order chi connectivity index (χ0) is 12.1. The van der Waals surface area contributed by atoms with Gasteiger partial charge in [-0.25, -0.2) is 0 Å². The SMILES string of the molecule is CSCc1cccc(CN[C@@H]2CCO[C@H]2C)c1. The van der Waals surface area contributed by atoms with Crippen molar-refractivity contribution in [3.63, 3.8) is 0 Å². The first kappa shape index (κ1) is 12.9. The molecule has 2 atom stereocenters. The van der Waals surface area contributed by atoms with Crippen LogP contribution in [0.2, 0.25) is 0 Å². The zero-order valence-electron chi connectivity index (χ0n) is 10.6. The van der Waals surface area contributed by atoms with E-state index in [0.717, 1.165) is 25.3 Å². The lowest BCUT2D eigenvalue weighted by molar-refractivity contribution is 0.113. The Balaban J connectivity index is 1.87. The van der Waals surface area contributed by atoms with E-state index < -0.39 is 0 Å². The van der Waals surface area contributed by atoms with Crippen LogP contribution in [0.25, 0.3) is 0 Å². The molecule has 0 aromatic heterocycles. The molecule has 1 fully saturated rings. The first-order chi connectivity index (χ1) is 8.29. The second-order valence-corrected chi connectivity index (χ2v) is 5.47. The maximum Gasteiger partial charge on any atom is 0.0700 e. The summed E-state index contributed by atoms with van der Waals surface area (Å²) in [5, 5.41) is 3.59. The number of benzene rings is 1. The molecule has 0 spiro atoms. The first-order valence-corrected chi connectivity index (χ1v) is 7.60. The van der Waals surface area contributed by atoms with E-state index in [1.807, 2.05) is 11.8 Å². The van der Waals surface area contributed by atoms with Crippen LogP contribution in [0.15, 0.2) is 24.3 Å². The Bertz CT molecular complexity index is 356. The summed E-state index contributed by atoms with van der Waals surface area (Å²) in [6.45, 7) is 3.99. The van der Waals surface area contributed by atoms with Crippen LogP contribution in [-0.2, 0) is 17.0 Å². The van der Waals surface area contributed by atoms with Gasteiger partial charge in [0.15, 0.2) is 0 Å². The fraction of sp³-hybridized carbons (Fsp3) is 0.571. The zero-order valence-corrected chi connectivity index (χ0v) is 11.4. The molecule has 0 radical (unpaired) electrons. The van der Waals surface area contributed by atoms with Crippen LogP contribution >= 0.6 is 11.8 Å². The van der Waals surface area contributed by atoms with Gasteiger partial charge in [0.1, 0.15) is 0 Å². The Kier molecular flexibility index (Phi) is 4.89. The molecule has 2 nitrogen and oxygen atoms in total. The summed E-state index contributed by atoms with van der Waals surface area (Å²) in [5.74, 6) is 1.09. The number of hydrogen-bond donors (Lipinski definition) is 1. The smallest absolute Gasteiger partial charge is 0.0700 e. The summed E-state index contributed by atoms with van der Waals surface area (Å²) < 4.78 is 5.55. The molecule has 0 amide bonds. The lowest BCUT2D eigenvalue weighted by atomic mass is 10.1. The van der Waals surface area contributed by atoms with Crippen LogP contribution in [0.5, 0.6) is 0 Å². The van der Waals surface area contributed by atoms with Crippen molar-refractivity contribution in [2.45, 2.75) is 37.8 Å². The molecule has 1 aliphatic heterocycles. The normalized spacial score (nSPS) is 24.1. The first-order valence-electron chi connectivity index (χ1n) is 6.21. The van der Waals surface area contributed by atoms with Gasteiger partial charge in [0.25, 0.3) is 0 Å². The van der Waals surface area contributed by atoms with Crippen LogP contribution in [0.4, 0.5) is 0 Å². The average Bonchev–Trinajstić information content (AvgIpc) is 2.73. The Morgan fingerprint density at radius 2 is 2.24 bits per heavy atom. The molecule has 1 aromatic rings. The fourth-order valence-corrected chi connectivity index (χ4v) is 2.76. The van der Waals surface area contributed by atoms with Crippen LogP contribution in [0, 0.1) is 0 Å². The Labute approximate surface area is 108 Å². The van der Waals surface area contributed by atoms with Crippen LogP contribution in [0.3, 0.4) is 0 Å². The van der Waals surface area contributed by atoms with Gasteiger partial charge in [0.2, 0.25) is 0 Å². The van der Waals surface area contributed by atoms with Gasteiger partial charge in [-0.3, -0.25) is 0 Å². The van der Waals surface area contributed by atoms with E-state index in [2.05, 4.69) is 42.8 Å². The highest BCUT2D eigenvalue weighted by Gasteiger charge is 2.23. The molecule has 0 aliphatic carbocycles. The van der Waals surface area contributed by atoms with Crippen molar-refractivity contribution in [1.29, 1.82) is 0 Å². The molecule has 0 saturated carbocycles.